The lowest BCUT2D eigenvalue weighted by molar-refractivity contribution is 0.257. The lowest BCUT2D eigenvalue weighted by Gasteiger charge is -2.20. The molecular formula is C21H23N3OS. The number of aromatic nitrogens is 1. The standard InChI is InChI=1S/C21H23N3OS/c1-4-10-24(20(25)22-18-12-15(2)11-16(3)13-18)21-23-19(14-26-21)17-8-6-5-7-9-17/h5-9,11-14H,4,10H2,1-3H3,(H,22,25). The molecule has 1 N–H and O–H groups in total. The van der Waals surface area contributed by atoms with Gasteiger partial charge in [-0.05, 0) is 43.5 Å². The van der Waals surface area contributed by atoms with Gasteiger partial charge in [0.2, 0.25) is 0 Å². The fourth-order valence-electron chi connectivity index (χ4n) is 2.88. The van der Waals surface area contributed by atoms with Gasteiger partial charge in [-0.1, -0.05) is 43.3 Å². The summed E-state index contributed by atoms with van der Waals surface area (Å²) in [5, 5.41) is 5.72. The van der Waals surface area contributed by atoms with Crippen molar-refractivity contribution in [2.45, 2.75) is 27.2 Å². The molecule has 0 aliphatic heterocycles. The van der Waals surface area contributed by atoms with E-state index < -0.39 is 0 Å². The Labute approximate surface area is 158 Å². The first kappa shape index (κ1) is 18.1. The molecule has 3 aromatic rings. The maximum absolute atomic E-state index is 12.9. The number of nitrogens with one attached hydrogen (secondary N) is 1. The fourth-order valence-corrected chi connectivity index (χ4v) is 3.73. The Kier molecular flexibility index (Phi) is 5.68. The zero-order valence-electron chi connectivity index (χ0n) is 15.3. The highest BCUT2D eigenvalue weighted by Gasteiger charge is 2.19. The minimum absolute atomic E-state index is 0.147. The molecule has 5 heteroatoms. The number of urea groups is 1. The summed E-state index contributed by atoms with van der Waals surface area (Å²) in [5.74, 6) is 0. The second-order valence-electron chi connectivity index (χ2n) is 6.34. The molecular weight excluding hydrogens is 342 g/mol. The normalized spacial score (nSPS) is 10.6. The molecule has 0 unspecified atom stereocenters. The highest BCUT2D eigenvalue weighted by Crippen LogP contribution is 2.28. The van der Waals surface area contributed by atoms with Gasteiger partial charge in [-0.2, -0.15) is 0 Å². The molecule has 0 aliphatic rings. The SMILES string of the molecule is CCCN(C(=O)Nc1cc(C)cc(C)c1)c1nc(-c2ccccc2)cs1. The number of amides is 2. The summed E-state index contributed by atoms with van der Waals surface area (Å²) in [6.07, 6.45) is 0.862. The van der Waals surface area contributed by atoms with Crippen LogP contribution in [0.3, 0.4) is 0 Å². The van der Waals surface area contributed by atoms with E-state index in [0.29, 0.717) is 11.7 Å². The predicted octanol–water partition coefficient (Wildman–Crippen LogP) is 5.88. The Bertz CT molecular complexity index is 869. The Morgan fingerprint density at radius 1 is 1.12 bits per heavy atom. The maximum Gasteiger partial charge on any atom is 0.328 e. The van der Waals surface area contributed by atoms with Crippen molar-refractivity contribution in [3.05, 3.63) is 65.0 Å². The summed E-state index contributed by atoms with van der Waals surface area (Å²) < 4.78 is 0. The summed E-state index contributed by atoms with van der Waals surface area (Å²) in [5.41, 5.74) is 5.02. The second kappa shape index (κ2) is 8.15. The molecule has 2 aromatic carbocycles. The Balaban J connectivity index is 1.82. The molecule has 26 heavy (non-hydrogen) atoms. The van der Waals surface area contributed by atoms with Crippen molar-refractivity contribution in [1.29, 1.82) is 0 Å². The van der Waals surface area contributed by atoms with E-state index in [4.69, 9.17) is 0 Å². The van der Waals surface area contributed by atoms with E-state index in [-0.39, 0.29) is 6.03 Å². The van der Waals surface area contributed by atoms with Crippen molar-refractivity contribution in [1.82, 2.24) is 4.98 Å². The van der Waals surface area contributed by atoms with Gasteiger partial charge in [0.05, 0.1) is 5.69 Å². The number of rotatable bonds is 5. The van der Waals surface area contributed by atoms with E-state index >= 15 is 0 Å². The average Bonchev–Trinajstić information content (AvgIpc) is 3.09. The smallest absolute Gasteiger partial charge is 0.307 e. The Morgan fingerprint density at radius 3 is 2.46 bits per heavy atom. The largest absolute Gasteiger partial charge is 0.328 e. The van der Waals surface area contributed by atoms with Crippen LogP contribution < -0.4 is 10.2 Å². The summed E-state index contributed by atoms with van der Waals surface area (Å²) in [6, 6.07) is 15.9. The number of anilines is 2. The molecule has 0 spiro atoms. The predicted molar refractivity (Wildman–Crippen MR) is 110 cm³/mol. The van der Waals surface area contributed by atoms with E-state index in [0.717, 1.165) is 34.5 Å². The lowest BCUT2D eigenvalue weighted by atomic mass is 10.1. The molecule has 1 heterocycles. The van der Waals surface area contributed by atoms with Gasteiger partial charge in [-0.3, -0.25) is 4.90 Å². The zero-order valence-corrected chi connectivity index (χ0v) is 16.1. The first-order valence-electron chi connectivity index (χ1n) is 8.74. The summed E-state index contributed by atoms with van der Waals surface area (Å²) in [4.78, 5) is 19.3. The van der Waals surface area contributed by atoms with Crippen LogP contribution in [-0.2, 0) is 0 Å². The van der Waals surface area contributed by atoms with E-state index in [9.17, 15) is 4.79 Å². The van der Waals surface area contributed by atoms with Gasteiger partial charge in [0.25, 0.3) is 0 Å². The molecule has 0 atom stereocenters. The number of carbonyl (C=O) groups is 1. The van der Waals surface area contributed by atoms with Gasteiger partial charge in [-0.25, -0.2) is 9.78 Å². The third-order valence-electron chi connectivity index (χ3n) is 3.96. The van der Waals surface area contributed by atoms with Crippen molar-refractivity contribution in [2.75, 3.05) is 16.8 Å². The minimum atomic E-state index is -0.147. The molecule has 1 aromatic heterocycles. The molecule has 0 saturated carbocycles. The van der Waals surface area contributed by atoms with Gasteiger partial charge < -0.3 is 5.32 Å². The molecule has 0 bridgehead atoms. The number of aryl methyl sites for hydroxylation is 2. The highest BCUT2D eigenvalue weighted by molar-refractivity contribution is 7.14. The third-order valence-corrected chi connectivity index (χ3v) is 4.82. The van der Waals surface area contributed by atoms with Gasteiger partial charge in [0.15, 0.2) is 5.13 Å². The number of hydrogen-bond donors (Lipinski definition) is 1. The fraction of sp³-hybridized carbons (Fsp3) is 0.238. The van der Waals surface area contributed by atoms with Crippen molar-refractivity contribution in [3.8, 4) is 11.3 Å². The van der Waals surface area contributed by atoms with Crippen molar-refractivity contribution in [2.24, 2.45) is 0 Å². The molecule has 3 rings (SSSR count). The quantitative estimate of drug-likeness (QED) is 0.614. The van der Waals surface area contributed by atoms with Crippen LogP contribution in [0.2, 0.25) is 0 Å². The van der Waals surface area contributed by atoms with Crippen LogP contribution in [0.5, 0.6) is 0 Å². The number of nitrogens with zero attached hydrogens (tertiary/aromatic N) is 2. The van der Waals surface area contributed by atoms with E-state index in [2.05, 4.69) is 23.3 Å². The van der Waals surface area contributed by atoms with Crippen LogP contribution >= 0.6 is 11.3 Å². The average molecular weight is 366 g/mol. The number of benzene rings is 2. The van der Waals surface area contributed by atoms with Gasteiger partial charge in [0, 0.05) is 23.2 Å². The molecule has 0 saturated heterocycles. The summed E-state index contributed by atoms with van der Waals surface area (Å²) in [6.45, 7) is 6.74. The molecule has 134 valence electrons. The third kappa shape index (κ3) is 4.29. The molecule has 0 aliphatic carbocycles. The van der Waals surface area contributed by atoms with Crippen molar-refractivity contribution < 1.29 is 4.79 Å². The summed E-state index contributed by atoms with van der Waals surface area (Å²) in [7, 11) is 0. The monoisotopic (exact) mass is 365 g/mol. The Hall–Kier alpha value is -2.66. The van der Waals surface area contributed by atoms with Crippen molar-refractivity contribution in [3.63, 3.8) is 0 Å². The van der Waals surface area contributed by atoms with Gasteiger partial charge in [0.1, 0.15) is 0 Å². The number of hydrogen-bond acceptors (Lipinski definition) is 3. The van der Waals surface area contributed by atoms with Gasteiger partial charge in [-0.15, -0.1) is 11.3 Å². The maximum atomic E-state index is 12.9. The Morgan fingerprint density at radius 2 is 1.81 bits per heavy atom. The van der Waals surface area contributed by atoms with Crippen LogP contribution in [0.15, 0.2) is 53.9 Å². The zero-order chi connectivity index (χ0) is 18.5. The summed E-state index contributed by atoms with van der Waals surface area (Å²) >= 11 is 1.49. The van der Waals surface area contributed by atoms with E-state index in [1.807, 2.05) is 61.7 Å². The molecule has 0 radical (unpaired) electrons. The molecule has 4 nitrogen and oxygen atoms in total. The minimum Gasteiger partial charge on any atom is -0.307 e. The highest BCUT2D eigenvalue weighted by atomic mass is 32.1. The van der Waals surface area contributed by atoms with E-state index in [1.54, 1.807) is 4.90 Å². The van der Waals surface area contributed by atoms with Crippen LogP contribution in [-0.4, -0.2) is 17.6 Å². The van der Waals surface area contributed by atoms with Crippen LogP contribution in [0.4, 0.5) is 15.6 Å². The number of carbonyl (C=O) groups excluding carboxylic acids is 1. The molecule has 0 fully saturated rings. The second-order valence-corrected chi connectivity index (χ2v) is 7.18. The van der Waals surface area contributed by atoms with Crippen LogP contribution in [0, 0.1) is 13.8 Å². The first-order valence-corrected chi connectivity index (χ1v) is 9.62. The number of thiazole rings is 1. The first-order chi connectivity index (χ1) is 12.6. The van der Waals surface area contributed by atoms with Crippen LogP contribution in [0.1, 0.15) is 24.5 Å². The van der Waals surface area contributed by atoms with E-state index in [1.165, 1.54) is 11.3 Å². The topological polar surface area (TPSA) is 45.2 Å². The van der Waals surface area contributed by atoms with Crippen molar-refractivity contribution >= 4 is 28.2 Å². The van der Waals surface area contributed by atoms with Crippen LogP contribution in [0.25, 0.3) is 11.3 Å². The molecule has 2 amide bonds. The lowest BCUT2D eigenvalue weighted by Crippen LogP contribution is -2.35. The van der Waals surface area contributed by atoms with Gasteiger partial charge >= 0.3 is 6.03 Å².